The summed E-state index contributed by atoms with van der Waals surface area (Å²) in [6.07, 6.45) is 0.784. The molecule has 0 amide bonds. The molecule has 1 saturated heterocycles. The number of hydrogen-bond donors (Lipinski definition) is 2. The lowest BCUT2D eigenvalue weighted by Gasteiger charge is -2.10. The molecule has 0 bridgehead atoms. The lowest BCUT2D eigenvalue weighted by Crippen LogP contribution is -2.35. The van der Waals surface area contributed by atoms with Crippen LogP contribution >= 0.6 is 0 Å². The number of nitrogens with one attached hydrogen (secondary N) is 1. The second-order valence-electron chi connectivity index (χ2n) is 5.12. The maximum Gasteiger partial charge on any atom is 0.179 e. The molecule has 0 saturated carbocycles. The van der Waals surface area contributed by atoms with Crippen molar-refractivity contribution in [2.75, 3.05) is 0 Å². The molecule has 1 aliphatic heterocycles. The molecule has 2 aromatic rings. The van der Waals surface area contributed by atoms with Crippen LogP contribution in [0.1, 0.15) is 23.2 Å². The van der Waals surface area contributed by atoms with Crippen LogP contribution in [0.4, 0.5) is 0 Å². The Morgan fingerprint density at radius 1 is 0.950 bits per heavy atom. The van der Waals surface area contributed by atoms with Gasteiger partial charge in [0.1, 0.15) is 6.23 Å². The predicted molar refractivity (Wildman–Crippen MR) is 78.4 cm³/mol. The molecule has 0 radical (unpaired) electrons. The molecule has 2 N–H and O–H groups in total. The van der Waals surface area contributed by atoms with E-state index in [0.717, 1.165) is 11.1 Å². The summed E-state index contributed by atoms with van der Waals surface area (Å²) in [7, 11) is 0. The third-order valence-electron chi connectivity index (χ3n) is 3.72. The second-order valence-corrected chi connectivity index (χ2v) is 5.12. The molecule has 0 aromatic heterocycles. The number of rotatable bonds is 3. The van der Waals surface area contributed by atoms with Crippen molar-refractivity contribution >= 4 is 5.78 Å². The van der Waals surface area contributed by atoms with Gasteiger partial charge in [0.2, 0.25) is 0 Å². The molecule has 1 heterocycles. The van der Waals surface area contributed by atoms with Gasteiger partial charge in [-0.15, -0.1) is 0 Å². The van der Waals surface area contributed by atoms with Gasteiger partial charge in [-0.25, -0.2) is 0 Å². The van der Waals surface area contributed by atoms with E-state index in [2.05, 4.69) is 5.32 Å². The molecule has 1 aliphatic rings. The lowest BCUT2D eigenvalue weighted by molar-refractivity contribution is 0.0921. The van der Waals surface area contributed by atoms with E-state index in [9.17, 15) is 9.90 Å². The molecule has 0 spiro atoms. The summed E-state index contributed by atoms with van der Waals surface area (Å²) in [5.41, 5.74) is 2.93. The minimum Gasteiger partial charge on any atom is -0.379 e. The maximum absolute atomic E-state index is 12.3. The molecule has 2 aromatic carbocycles. The maximum atomic E-state index is 12.3. The summed E-state index contributed by atoms with van der Waals surface area (Å²) < 4.78 is 0. The second kappa shape index (κ2) is 5.57. The Balaban J connectivity index is 1.78. The number of ketones is 1. The fourth-order valence-electron chi connectivity index (χ4n) is 2.59. The average molecular weight is 267 g/mol. The Bertz CT molecular complexity index is 592. The zero-order valence-electron chi connectivity index (χ0n) is 11.1. The zero-order chi connectivity index (χ0) is 13.9. The van der Waals surface area contributed by atoms with Crippen molar-refractivity contribution in [2.24, 2.45) is 0 Å². The Hall–Kier alpha value is -1.97. The van der Waals surface area contributed by atoms with Crippen molar-refractivity contribution in [2.45, 2.75) is 25.1 Å². The number of benzene rings is 2. The molecular formula is C17H17NO2. The molecule has 2 atom stereocenters. The monoisotopic (exact) mass is 267 g/mol. The molecule has 3 nitrogen and oxygen atoms in total. The topological polar surface area (TPSA) is 49.3 Å². The van der Waals surface area contributed by atoms with E-state index >= 15 is 0 Å². The quantitative estimate of drug-likeness (QED) is 0.840. The van der Waals surface area contributed by atoms with Crippen molar-refractivity contribution in [1.29, 1.82) is 0 Å². The van der Waals surface area contributed by atoms with Crippen LogP contribution in [0.25, 0.3) is 11.1 Å². The highest BCUT2D eigenvalue weighted by molar-refractivity contribution is 6.00. The largest absolute Gasteiger partial charge is 0.379 e. The first-order valence-electron chi connectivity index (χ1n) is 6.88. The van der Waals surface area contributed by atoms with Crippen LogP contribution < -0.4 is 5.32 Å². The third-order valence-corrected chi connectivity index (χ3v) is 3.72. The third kappa shape index (κ3) is 2.64. The highest BCUT2D eigenvalue weighted by Gasteiger charge is 2.28. The molecular weight excluding hydrogens is 250 g/mol. The van der Waals surface area contributed by atoms with Gasteiger partial charge in [0.25, 0.3) is 0 Å². The number of carbonyl (C=O) groups excluding carboxylic acids is 1. The van der Waals surface area contributed by atoms with Crippen LogP contribution in [0.15, 0.2) is 54.6 Å². The van der Waals surface area contributed by atoms with Crippen molar-refractivity contribution in [3.05, 3.63) is 60.2 Å². The first kappa shape index (κ1) is 13.0. The highest BCUT2D eigenvalue weighted by atomic mass is 16.3. The van der Waals surface area contributed by atoms with Crippen LogP contribution in [0.3, 0.4) is 0 Å². The van der Waals surface area contributed by atoms with E-state index in [1.165, 1.54) is 0 Å². The first-order valence-corrected chi connectivity index (χ1v) is 6.88. The van der Waals surface area contributed by atoms with E-state index < -0.39 is 6.23 Å². The molecule has 3 rings (SSSR count). The van der Waals surface area contributed by atoms with E-state index in [4.69, 9.17) is 0 Å². The molecule has 2 unspecified atom stereocenters. The summed E-state index contributed by atoms with van der Waals surface area (Å²) >= 11 is 0. The summed E-state index contributed by atoms with van der Waals surface area (Å²) in [5, 5.41) is 12.3. The number of hydrogen-bond acceptors (Lipinski definition) is 3. The van der Waals surface area contributed by atoms with Gasteiger partial charge in [-0.1, -0.05) is 54.6 Å². The van der Waals surface area contributed by atoms with E-state index in [0.29, 0.717) is 18.4 Å². The molecule has 20 heavy (non-hydrogen) atoms. The Kier molecular flexibility index (Phi) is 3.63. The van der Waals surface area contributed by atoms with Crippen molar-refractivity contribution < 1.29 is 9.90 Å². The minimum atomic E-state index is -0.549. The minimum absolute atomic E-state index is 0.0566. The van der Waals surface area contributed by atoms with Crippen LogP contribution in [-0.2, 0) is 0 Å². The van der Waals surface area contributed by atoms with Gasteiger partial charge in [0, 0.05) is 5.56 Å². The number of aliphatic hydroxyl groups excluding tert-OH is 1. The summed E-state index contributed by atoms with van der Waals surface area (Å²) in [6, 6.07) is 17.5. The normalized spacial score (nSPS) is 21.9. The average Bonchev–Trinajstić information content (AvgIpc) is 2.94. The van der Waals surface area contributed by atoms with Gasteiger partial charge in [-0.3, -0.25) is 10.1 Å². The van der Waals surface area contributed by atoms with Crippen LogP contribution in [0.2, 0.25) is 0 Å². The smallest absolute Gasteiger partial charge is 0.179 e. The fourth-order valence-corrected chi connectivity index (χ4v) is 2.59. The van der Waals surface area contributed by atoms with E-state index in [1.807, 2.05) is 54.6 Å². The van der Waals surface area contributed by atoms with E-state index in [1.54, 1.807) is 0 Å². The van der Waals surface area contributed by atoms with Crippen LogP contribution in [-0.4, -0.2) is 23.2 Å². The van der Waals surface area contributed by atoms with Gasteiger partial charge < -0.3 is 5.11 Å². The van der Waals surface area contributed by atoms with Crippen molar-refractivity contribution in [1.82, 2.24) is 5.32 Å². The van der Waals surface area contributed by atoms with Crippen LogP contribution in [0.5, 0.6) is 0 Å². The first-order chi connectivity index (χ1) is 9.74. The highest BCUT2D eigenvalue weighted by Crippen LogP contribution is 2.21. The Morgan fingerprint density at radius 2 is 1.60 bits per heavy atom. The molecule has 102 valence electrons. The Morgan fingerprint density at radius 3 is 2.20 bits per heavy atom. The SMILES string of the molecule is O=C(c1ccc(-c2ccccc2)cc1)C1CCC(O)N1. The van der Waals surface area contributed by atoms with Gasteiger partial charge in [0.15, 0.2) is 5.78 Å². The number of Topliss-reactive ketones (excluding diaryl/α,β-unsaturated/α-hetero) is 1. The fraction of sp³-hybridized carbons (Fsp3) is 0.235. The van der Waals surface area contributed by atoms with Crippen LogP contribution in [0, 0.1) is 0 Å². The van der Waals surface area contributed by atoms with E-state index in [-0.39, 0.29) is 11.8 Å². The predicted octanol–water partition coefficient (Wildman–Crippen LogP) is 2.61. The van der Waals surface area contributed by atoms with Gasteiger partial charge in [0.05, 0.1) is 6.04 Å². The molecule has 0 aliphatic carbocycles. The summed E-state index contributed by atoms with van der Waals surface area (Å²) in [5.74, 6) is 0.0566. The van der Waals surface area contributed by atoms with Crippen molar-refractivity contribution in [3.8, 4) is 11.1 Å². The summed E-state index contributed by atoms with van der Waals surface area (Å²) in [4.78, 5) is 12.3. The molecule has 3 heteroatoms. The zero-order valence-corrected chi connectivity index (χ0v) is 11.1. The van der Waals surface area contributed by atoms with Gasteiger partial charge in [-0.2, -0.15) is 0 Å². The Labute approximate surface area is 118 Å². The lowest BCUT2D eigenvalue weighted by atomic mass is 9.99. The molecule has 1 fully saturated rings. The van der Waals surface area contributed by atoms with Gasteiger partial charge >= 0.3 is 0 Å². The summed E-state index contributed by atoms with van der Waals surface area (Å²) in [6.45, 7) is 0. The number of carbonyl (C=O) groups is 1. The number of aliphatic hydroxyl groups is 1. The van der Waals surface area contributed by atoms with Gasteiger partial charge in [-0.05, 0) is 24.0 Å². The van der Waals surface area contributed by atoms with Crippen molar-refractivity contribution in [3.63, 3.8) is 0 Å². The standard InChI is InChI=1S/C17H17NO2/c19-16-11-10-15(18-16)17(20)14-8-6-13(7-9-14)12-4-2-1-3-5-12/h1-9,15-16,18-19H,10-11H2.